The van der Waals surface area contributed by atoms with Crippen LogP contribution in [0.5, 0.6) is 5.75 Å². The van der Waals surface area contributed by atoms with E-state index in [4.69, 9.17) is 9.72 Å². The third-order valence-electron chi connectivity index (χ3n) is 4.60. The van der Waals surface area contributed by atoms with E-state index in [1.807, 2.05) is 31.2 Å². The standard InChI is InChI=1S/C22H31IN4O2/c1-6-7-12-27(22-20(23)16(4)25-21(26-22)15(2)3)14-19(28)24-13-17-8-10-18(29-5)11-9-17/h8-11,15H,6-7,12-14H2,1-5H3,(H,24,28). The van der Waals surface area contributed by atoms with Crippen molar-refractivity contribution in [2.24, 2.45) is 0 Å². The maximum absolute atomic E-state index is 12.7. The Bertz CT molecular complexity index is 809. The summed E-state index contributed by atoms with van der Waals surface area (Å²) in [5.74, 6) is 2.70. The lowest BCUT2D eigenvalue weighted by atomic mass is 10.2. The summed E-state index contributed by atoms with van der Waals surface area (Å²) >= 11 is 2.29. The first-order chi connectivity index (χ1) is 13.8. The molecule has 0 aliphatic carbocycles. The number of hydrogen-bond acceptors (Lipinski definition) is 5. The average Bonchev–Trinajstić information content (AvgIpc) is 2.71. The molecule has 0 aliphatic rings. The van der Waals surface area contributed by atoms with Gasteiger partial charge < -0.3 is 15.0 Å². The van der Waals surface area contributed by atoms with Crippen LogP contribution in [0.25, 0.3) is 0 Å². The van der Waals surface area contributed by atoms with E-state index >= 15 is 0 Å². The lowest BCUT2D eigenvalue weighted by Gasteiger charge is -2.25. The van der Waals surface area contributed by atoms with Crippen molar-refractivity contribution in [3.05, 3.63) is 44.9 Å². The molecule has 0 unspecified atom stereocenters. The zero-order valence-electron chi connectivity index (χ0n) is 18.0. The Hall–Kier alpha value is -1.90. The van der Waals surface area contributed by atoms with Gasteiger partial charge in [-0.1, -0.05) is 39.3 Å². The van der Waals surface area contributed by atoms with Crippen LogP contribution in [-0.4, -0.2) is 36.1 Å². The molecular formula is C22H31IN4O2. The van der Waals surface area contributed by atoms with E-state index in [1.165, 1.54) is 0 Å². The third-order valence-corrected chi connectivity index (χ3v) is 5.86. The highest BCUT2D eigenvalue weighted by molar-refractivity contribution is 14.1. The van der Waals surface area contributed by atoms with Gasteiger partial charge in [0.05, 0.1) is 22.9 Å². The van der Waals surface area contributed by atoms with Gasteiger partial charge in [0.25, 0.3) is 0 Å². The molecule has 0 bridgehead atoms. The Labute approximate surface area is 187 Å². The normalized spacial score (nSPS) is 10.9. The smallest absolute Gasteiger partial charge is 0.239 e. The molecular weight excluding hydrogens is 479 g/mol. The van der Waals surface area contributed by atoms with Crippen LogP contribution in [0.3, 0.4) is 0 Å². The van der Waals surface area contributed by atoms with Gasteiger partial charge in [-0.15, -0.1) is 0 Å². The second-order valence-corrected chi connectivity index (χ2v) is 8.44. The summed E-state index contributed by atoms with van der Waals surface area (Å²) in [6.45, 7) is 9.88. The first-order valence-corrected chi connectivity index (χ1v) is 11.1. The van der Waals surface area contributed by atoms with Crippen molar-refractivity contribution in [3.63, 3.8) is 0 Å². The van der Waals surface area contributed by atoms with Crippen molar-refractivity contribution in [3.8, 4) is 5.75 Å². The molecule has 1 aromatic carbocycles. The van der Waals surface area contributed by atoms with Crippen LogP contribution in [0, 0.1) is 10.5 Å². The van der Waals surface area contributed by atoms with Crippen LogP contribution in [0.4, 0.5) is 5.82 Å². The number of carbonyl (C=O) groups excluding carboxylic acids is 1. The summed E-state index contributed by atoms with van der Waals surface area (Å²) in [6, 6.07) is 7.71. The van der Waals surface area contributed by atoms with Gasteiger partial charge in [-0.2, -0.15) is 0 Å². The van der Waals surface area contributed by atoms with Gasteiger partial charge in [-0.05, 0) is 53.6 Å². The number of amides is 1. The van der Waals surface area contributed by atoms with Crippen LogP contribution < -0.4 is 15.0 Å². The van der Waals surface area contributed by atoms with E-state index in [-0.39, 0.29) is 18.4 Å². The first kappa shape index (κ1) is 23.4. The maximum atomic E-state index is 12.7. The number of hydrogen-bond donors (Lipinski definition) is 1. The van der Waals surface area contributed by atoms with Crippen LogP contribution in [0.2, 0.25) is 0 Å². The number of halogens is 1. The number of rotatable bonds is 10. The minimum Gasteiger partial charge on any atom is -0.497 e. The van der Waals surface area contributed by atoms with Gasteiger partial charge in [0.15, 0.2) is 0 Å². The van der Waals surface area contributed by atoms with Gasteiger partial charge in [0, 0.05) is 19.0 Å². The predicted molar refractivity (Wildman–Crippen MR) is 126 cm³/mol. The SMILES string of the molecule is CCCCN(CC(=O)NCc1ccc(OC)cc1)c1nc(C(C)C)nc(C)c1I. The second kappa shape index (κ2) is 11.3. The molecule has 29 heavy (non-hydrogen) atoms. The largest absolute Gasteiger partial charge is 0.497 e. The zero-order chi connectivity index (χ0) is 21.4. The molecule has 0 aliphatic heterocycles. The van der Waals surface area contributed by atoms with E-state index in [0.717, 1.165) is 51.6 Å². The number of aromatic nitrogens is 2. The Kier molecular flexibility index (Phi) is 9.13. The molecule has 2 aromatic rings. The first-order valence-electron chi connectivity index (χ1n) is 10.0. The number of ether oxygens (including phenoxy) is 1. The van der Waals surface area contributed by atoms with Crippen molar-refractivity contribution in [2.75, 3.05) is 25.1 Å². The lowest BCUT2D eigenvalue weighted by molar-refractivity contribution is -0.119. The fourth-order valence-electron chi connectivity index (χ4n) is 2.82. The molecule has 0 saturated carbocycles. The summed E-state index contributed by atoms with van der Waals surface area (Å²) in [5, 5.41) is 3.02. The zero-order valence-corrected chi connectivity index (χ0v) is 20.1. The molecule has 0 spiro atoms. The Morgan fingerprint density at radius 2 is 1.93 bits per heavy atom. The molecule has 7 heteroatoms. The van der Waals surface area contributed by atoms with Gasteiger partial charge >= 0.3 is 0 Å². The number of methoxy groups -OCH3 is 1. The average molecular weight is 510 g/mol. The van der Waals surface area contributed by atoms with Crippen molar-refractivity contribution < 1.29 is 9.53 Å². The van der Waals surface area contributed by atoms with Gasteiger partial charge in [0.2, 0.25) is 5.91 Å². The van der Waals surface area contributed by atoms with Crippen LogP contribution >= 0.6 is 22.6 Å². The highest BCUT2D eigenvalue weighted by atomic mass is 127. The highest BCUT2D eigenvalue weighted by Gasteiger charge is 2.19. The van der Waals surface area contributed by atoms with Gasteiger partial charge in [-0.3, -0.25) is 4.79 Å². The number of anilines is 1. The molecule has 1 amide bonds. The third kappa shape index (κ3) is 6.83. The Morgan fingerprint density at radius 1 is 1.24 bits per heavy atom. The fraction of sp³-hybridized carbons (Fsp3) is 0.500. The minimum atomic E-state index is -0.0184. The van der Waals surface area contributed by atoms with Crippen LogP contribution in [-0.2, 0) is 11.3 Å². The van der Waals surface area contributed by atoms with Crippen molar-refractivity contribution in [1.29, 1.82) is 0 Å². The molecule has 158 valence electrons. The summed E-state index contributed by atoms with van der Waals surface area (Å²) in [4.78, 5) is 24.2. The Balaban J connectivity index is 2.12. The number of unbranched alkanes of at least 4 members (excludes halogenated alkanes) is 1. The fourth-order valence-corrected chi connectivity index (χ4v) is 3.40. The Morgan fingerprint density at radius 3 is 2.52 bits per heavy atom. The number of nitrogens with zero attached hydrogens (tertiary/aromatic N) is 3. The molecule has 1 aromatic heterocycles. The summed E-state index contributed by atoms with van der Waals surface area (Å²) < 4.78 is 6.18. The van der Waals surface area contributed by atoms with E-state index in [1.54, 1.807) is 7.11 Å². The number of carbonyl (C=O) groups is 1. The van der Waals surface area contributed by atoms with E-state index in [2.05, 4.69) is 58.6 Å². The topological polar surface area (TPSA) is 67.4 Å². The highest BCUT2D eigenvalue weighted by Crippen LogP contribution is 2.25. The molecule has 6 nitrogen and oxygen atoms in total. The van der Waals surface area contributed by atoms with E-state index in [9.17, 15) is 4.79 Å². The molecule has 0 fully saturated rings. The van der Waals surface area contributed by atoms with E-state index < -0.39 is 0 Å². The molecule has 0 saturated heterocycles. The maximum Gasteiger partial charge on any atom is 0.239 e. The second-order valence-electron chi connectivity index (χ2n) is 7.36. The number of aryl methyl sites for hydroxylation is 1. The van der Waals surface area contributed by atoms with Crippen LogP contribution in [0.15, 0.2) is 24.3 Å². The molecule has 0 radical (unpaired) electrons. The summed E-state index contributed by atoms with van der Waals surface area (Å²) in [6.07, 6.45) is 2.06. The van der Waals surface area contributed by atoms with Crippen LogP contribution in [0.1, 0.15) is 56.6 Å². The van der Waals surface area contributed by atoms with Crippen molar-refractivity contribution in [2.45, 2.75) is 53.0 Å². The van der Waals surface area contributed by atoms with Gasteiger partial charge in [0.1, 0.15) is 17.4 Å². The van der Waals surface area contributed by atoms with Gasteiger partial charge in [-0.25, -0.2) is 9.97 Å². The monoisotopic (exact) mass is 510 g/mol. The molecule has 1 heterocycles. The summed E-state index contributed by atoms with van der Waals surface area (Å²) in [5.41, 5.74) is 1.99. The van der Waals surface area contributed by atoms with Crippen molar-refractivity contribution >= 4 is 34.3 Å². The van der Waals surface area contributed by atoms with E-state index in [0.29, 0.717) is 6.54 Å². The molecule has 2 rings (SSSR count). The quantitative estimate of drug-likeness (QED) is 0.479. The molecule has 1 N–H and O–H groups in total. The number of benzene rings is 1. The minimum absolute atomic E-state index is 0.0184. The number of nitrogens with one attached hydrogen (secondary N) is 1. The molecule has 0 atom stereocenters. The van der Waals surface area contributed by atoms with Crippen molar-refractivity contribution in [1.82, 2.24) is 15.3 Å². The lowest BCUT2D eigenvalue weighted by Crippen LogP contribution is -2.38. The predicted octanol–water partition coefficient (Wildman–Crippen LogP) is 4.44. The summed E-state index contributed by atoms with van der Waals surface area (Å²) in [7, 11) is 1.64.